The molecule has 0 atom stereocenters. The third-order valence-corrected chi connectivity index (χ3v) is 7.07. The van der Waals surface area contributed by atoms with Crippen molar-refractivity contribution in [3.05, 3.63) is 104 Å². The van der Waals surface area contributed by atoms with Gasteiger partial charge in [0.25, 0.3) is 0 Å². The maximum Gasteiger partial charge on any atom is 0.0340 e. The van der Waals surface area contributed by atoms with Gasteiger partial charge in [0.1, 0.15) is 0 Å². The lowest BCUT2D eigenvalue weighted by Gasteiger charge is -2.25. The molecule has 0 radical (unpaired) electrons. The molecular weight excluding hydrogens is 452 g/mol. The van der Waals surface area contributed by atoms with Crippen LogP contribution in [0.15, 0.2) is 65.1 Å². The van der Waals surface area contributed by atoms with Gasteiger partial charge >= 0.3 is 0 Å². The largest absolute Gasteiger partial charge is 0.0587 e. The molecule has 3 aromatic rings. The van der Waals surface area contributed by atoms with Gasteiger partial charge in [-0.1, -0.05) is 120 Å². The fraction of sp³-hybridized carbons (Fsp3) is 0.419. The lowest BCUT2D eigenvalue weighted by molar-refractivity contribution is 0.811. The van der Waals surface area contributed by atoms with Crippen molar-refractivity contribution in [2.75, 3.05) is 0 Å². The van der Waals surface area contributed by atoms with Crippen LogP contribution in [-0.2, 0) is 0 Å². The molecule has 32 heavy (non-hydrogen) atoms. The van der Waals surface area contributed by atoms with E-state index in [1.54, 1.807) is 0 Å². The fourth-order valence-electron chi connectivity index (χ4n) is 4.30. The molecule has 170 valence electrons. The van der Waals surface area contributed by atoms with E-state index >= 15 is 0 Å². The van der Waals surface area contributed by atoms with Crippen molar-refractivity contribution in [2.24, 2.45) is 0 Å². The van der Waals surface area contributed by atoms with Gasteiger partial charge in [-0.25, -0.2) is 0 Å². The van der Waals surface area contributed by atoms with Crippen LogP contribution in [0.2, 0.25) is 0 Å². The molecule has 0 nitrogen and oxygen atoms in total. The van der Waals surface area contributed by atoms with Crippen molar-refractivity contribution < 1.29 is 0 Å². The Morgan fingerprint density at radius 2 is 0.688 bits per heavy atom. The molecule has 0 aromatic heterocycles. The first kappa shape index (κ1) is 24.8. The Morgan fingerprint density at radius 3 is 0.969 bits per heavy atom. The van der Waals surface area contributed by atoms with E-state index in [9.17, 15) is 0 Å². The zero-order chi connectivity index (χ0) is 23.6. The highest BCUT2D eigenvalue weighted by atomic mass is 79.9. The molecule has 0 spiro atoms. The number of benzene rings is 3. The SMILES string of the molecule is CC(C)c1cc(C(C)C)cc(C(c2ccc(Br)cc2)c2cc(C(C)C)cc(C(C)C)c2)c1. The first-order valence-electron chi connectivity index (χ1n) is 12.1. The first-order chi connectivity index (χ1) is 15.1. The molecule has 0 saturated carbocycles. The van der Waals surface area contributed by atoms with Crippen LogP contribution in [-0.4, -0.2) is 0 Å². The fourth-order valence-corrected chi connectivity index (χ4v) is 4.57. The topological polar surface area (TPSA) is 0 Å². The highest BCUT2D eigenvalue weighted by Gasteiger charge is 2.21. The van der Waals surface area contributed by atoms with Crippen molar-refractivity contribution >= 4 is 15.9 Å². The zero-order valence-electron chi connectivity index (χ0n) is 21.0. The van der Waals surface area contributed by atoms with Gasteiger partial charge in [0.2, 0.25) is 0 Å². The van der Waals surface area contributed by atoms with Gasteiger partial charge in [0.05, 0.1) is 0 Å². The minimum Gasteiger partial charge on any atom is -0.0587 e. The summed E-state index contributed by atoms with van der Waals surface area (Å²) in [7, 11) is 0. The molecule has 0 N–H and O–H groups in total. The summed E-state index contributed by atoms with van der Waals surface area (Å²) >= 11 is 3.63. The smallest absolute Gasteiger partial charge is 0.0340 e. The van der Waals surface area contributed by atoms with Gasteiger partial charge in [-0.2, -0.15) is 0 Å². The first-order valence-corrected chi connectivity index (χ1v) is 12.9. The third kappa shape index (κ3) is 5.73. The van der Waals surface area contributed by atoms with Gasteiger partial charge in [-0.05, 0) is 74.7 Å². The molecule has 0 unspecified atom stereocenters. The molecule has 0 fully saturated rings. The van der Waals surface area contributed by atoms with Crippen LogP contribution in [0.4, 0.5) is 0 Å². The van der Waals surface area contributed by atoms with Crippen LogP contribution in [0.3, 0.4) is 0 Å². The van der Waals surface area contributed by atoms with E-state index < -0.39 is 0 Å². The Hall–Kier alpha value is -1.86. The Kier molecular flexibility index (Phi) is 8.04. The van der Waals surface area contributed by atoms with Gasteiger partial charge in [0.15, 0.2) is 0 Å². The molecule has 3 rings (SSSR count). The Bertz CT molecular complexity index is 923. The van der Waals surface area contributed by atoms with E-state index in [2.05, 4.69) is 132 Å². The Morgan fingerprint density at radius 1 is 0.406 bits per heavy atom. The average Bonchev–Trinajstić information content (AvgIpc) is 2.74. The van der Waals surface area contributed by atoms with Crippen LogP contribution in [0, 0.1) is 0 Å². The minimum atomic E-state index is 0.218. The summed E-state index contributed by atoms with van der Waals surface area (Å²) in [4.78, 5) is 0. The zero-order valence-corrected chi connectivity index (χ0v) is 22.6. The molecule has 0 heterocycles. The normalized spacial score (nSPS) is 12.1. The van der Waals surface area contributed by atoms with Crippen molar-refractivity contribution in [2.45, 2.75) is 85.0 Å². The van der Waals surface area contributed by atoms with Crippen LogP contribution >= 0.6 is 15.9 Å². The molecule has 0 saturated heterocycles. The summed E-state index contributed by atoms with van der Waals surface area (Å²) in [5.41, 5.74) is 9.86. The van der Waals surface area contributed by atoms with E-state index in [1.807, 2.05) is 0 Å². The van der Waals surface area contributed by atoms with E-state index in [0.717, 1.165) is 4.47 Å². The predicted octanol–water partition coefficient (Wildman–Crippen LogP) is 10.1. The Labute approximate surface area is 204 Å². The quantitative estimate of drug-likeness (QED) is 0.288. The molecule has 0 bridgehead atoms. The maximum absolute atomic E-state index is 3.63. The summed E-state index contributed by atoms with van der Waals surface area (Å²) < 4.78 is 1.12. The lowest BCUT2D eigenvalue weighted by Crippen LogP contribution is -2.08. The molecule has 0 aliphatic rings. The van der Waals surface area contributed by atoms with Crippen LogP contribution < -0.4 is 0 Å². The van der Waals surface area contributed by atoms with Gasteiger partial charge in [-0.3, -0.25) is 0 Å². The summed E-state index contributed by atoms with van der Waals surface area (Å²) in [6.07, 6.45) is 0. The van der Waals surface area contributed by atoms with Crippen LogP contribution in [0.25, 0.3) is 0 Å². The van der Waals surface area contributed by atoms with Gasteiger partial charge in [-0.15, -0.1) is 0 Å². The highest BCUT2D eigenvalue weighted by Crippen LogP contribution is 2.38. The van der Waals surface area contributed by atoms with Crippen LogP contribution in [0.1, 0.15) is 124 Å². The third-order valence-electron chi connectivity index (χ3n) is 6.54. The van der Waals surface area contributed by atoms with Crippen molar-refractivity contribution in [3.63, 3.8) is 0 Å². The van der Waals surface area contributed by atoms with E-state index in [-0.39, 0.29) is 5.92 Å². The molecule has 1 heteroatoms. The second-order valence-electron chi connectivity index (χ2n) is 10.5. The number of rotatable bonds is 7. The standard InChI is InChI=1S/C31H39Br/c1-19(2)24-13-25(20(3)4)16-28(15-24)31(23-9-11-30(32)12-10-23)29-17-26(21(5)6)14-27(18-29)22(7)8/h9-22,31H,1-8H3. The van der Waals surface area contributed by atoms with Crippen LogP contribution in [0.5, 0.6) is 0 Å². The van der Waals surface area contributed by atoms with Crippen molar-refractivity contribution in [1.29, 1.82) is 0 Å². The lowest BCUT2D eigenvalue weighted by atomic mass is 9.79. The molecule has 0 amide bonds. The molecular formula is C31H39Br. The highest BCUT2D eigenvalue weighted by molar-refractivity contribution is 9.10. The number of hydrogen-bond acceptors (Lipinski definition) is 0. The maximum atomic E-state index is 3.63. The Balaban J connectivity index is 2.31. The average molecular weight is 492 g/mol. The molecule has 3 aromatic carbocycles. The second kappa shape index (κ2) is 10.4. The van der Waals surface area contributed by atoms with Gasteiger partial charge < -0.3 is 0 Å². The van der Waals surface area contributed by atoms with Gasteiger partial charge in [0, 0.05) is 10.4 Å². The summed E-state index contributed by atoms with van der Waals surface area (Å²) in [5, 5.41) is 0. The minimum absolute atomic E-state index is 0.218. The predicted molar refractivity (Wildman–Crippen MR) is 144 cm³/mol. The van der Waals surface area contributed by atoms with E-state index in [0.29, 0.717) is 23.7 Å². The van der Waals surface area contributed by atoms with E-state index in [1.165, 1.54) is 38.9 Å². The second-order valence-corrected chi connectivity index (χ2v) is 11.4. The van der Waals surface area contributed by atoms with Crippen molar-refractivity contribution in [1.82, 2.24) is 0 Å². The van der Waals surface area contributed by atoms with Crippen molar-refractivity contribution in [3.8, 4) is 0 Å². The molecule has 0 aliphatic carbocycles. The van der Waals surface area contributed by atoms with E-state index in [4.69, 9.17) is 0 Å². The molecule has 0 aliphatic heterocycles. The number of halogens is 1. The summed E-state index contributed by atoms with van der Waals surface area (Å²) in [6, 6.07) is 23.5. The number of hydrogen-bond donors (Lipinski definition) is 0. The summed E-state index contributed by atoms with van der Waals surface area (Å²) in [6.45, 7) is 18.4. The summed E-state index contributed by atoms with van der Waals surface area (Å²) in [5.74, 6) is 2.24. The monoisotopic (exact) mass is 490 g/mol.